The lowest BCUT2D eigenvalue weighted by Gasteiger charge is -2.38. The van der Waals surface area contributed by atoms with E-state index < -0.39 is 0 Å². The third-order valence-corrected chi connectivity index (χ3v) is 10.8. The van der Waals surface area contributed by atoms with E-state index in [0.717, 1.165) is 87.7 Å². The van der Waals surface area contributed by atoms with Gasteiger partial charge >= 0.3 is 0 Å². The van der Waals surface area contributed by atoms with E-state index in [1.807, 2.05) is 34.1 Å². The molecule has 0 unspecified atom stereocenters. The summed E-state index contributed by atoms with van der Waals surface area (Å²) in [6, 6.07) is 25.1. The van der Waals surface area contributed by atoms with E-state index in [-0.39, 0.29) is 11.8 Å². The van der Waals surface area contributed by atoms with E-state index in [2.05, 4.69) is 99.9 Å². The molecule has 0 radical (unpaired) electrons. The Morgan fingerprint density at radius 3 is 1.02 bits per heavy atom. The number of nitrogens with zero attached hydrogens (tertiary/aromatic N) is 4. The minimum absolute atomic E-state index is 0.119. The number of benzene rings is 4. The quantitative estimate of drug-likeness (QED) is 0.216. The van der Waals surface area contributed by atoms with Crippen LogP contribution in [0.5, 0.6) is 0 Å². The molecule has 0 atom stereocenters. The zero-order valence-electron chi connectivity index (χ0n) is 29.6. The Labute approximate surface area is 287 Å². The first-order valence-electron chi connectivity index (χ1n) is 17.5. The molecule has 4 aromatic carbocycles. The first-order valence-corrected chi connectivity index (χ1v) is 17.5. The summed E-state index contributed by atoms with van der Waals surface area (Å²) in [6.07, 6.45) is 0. The van der Waals surface area contributed by atoms with Gasteiger partial charge in [-0.3, -0.25) is 19.4 Å². The number of amides is 2. The van der Waals surface area contributed by atoms with Gasteiger partial charge in [0.25, 0.3) is 11.8 Å². The third kappa shape index (κ3) is 7.40. The first-order chi connectivity index (χ1) is 23.1. The highest BCUT2D eigenvalue weighted by molar-refractivity contribution is 5.95. The molecule has 48 heavy (non-hydrogen) atoms. The summed E-state index contributed by atoms with van der Waals surface area (Å²) in [5, 5.41) is 0. The minimum Gasteiger partial charge on any atom is -0.336 e. The average Bonchev–Trinajstić information content (AvgIpc) is 3.11. The summed E-state index contributed by atoms with van der Waals surface area (Å²) in [4.78, 5) is 35.5. The number of aryl methyl sites for hydroxylation is 4. The topological polar surface area (TPSA) is 47.1 Å². The third-order valence-electron chi connectivity index (χ3n) is 10.8. The van der Waals surface area contributed by atoms with Crippen LogP contribution in [-0.4, -0.2) is 96.9 Å². The molecule has 2 saturated heterocycles. The fourth-order valence-electron chi connectivity index (χ4n) is 7.01. The van der Waals surface area contributed by atoms with Crippen LogP contribution in [0.15, 0.2) is 72.8 Å². The van der Waals surface area contributed by atoms with Crippen molar-refractivity contribution in [1.82, 2.24) is 19.6 Å². The highest BCUT2D eigenvalue weighted by Crippen LogP contribution is 2.27. The van der Waals surface area contributed by atoms with E-state index in [9.17, 15) is 9.59 Å². The Bertz CT molecular complexity index is 1600. The number of piperazine rings is 2. The number of rotatable bonds is 7. The van der Waals surface area contributed by atoms with Crippen molar-refractivity contribution in [3.05, 3.63) is 117 Å². The van der Waals surface area contributed by atoms with Gasteiger partial charge < -0.3 is 9.80 Å². The Morgan fingerprint density at radius 2 is 0.729 bits per heavy atom. The van der Waals surface area contributed by atoms with Crippen LogP contribution in [0.2, 0.25) is 0 Å². The van der Waals surface area contributed by atoms with Crippen molar-refractivity contribution in [2.75, 3.05) is 65.4 Å². The molecule has 250 valence electrons. The van der Waals surface area contributed by atoms with Crippen LogP contribution in [0.25, 0.3) is 22.3 Å². The maximum absolute atomic E-state index is 13.3. The number of hydrogen-bond acceptors (Lipinski definition) is 4. The average molecular weight is 643 g/mol. The SMILES string of the molecule is Cc1cc(-c2ccc(C(=O)N3CCN(CCN4CCN(C(=O)c5ccc(-c6cc(C)c(C)c(C)c6)cc5)CC4)CC3)cc2)cc(C)c1C. The van der Waals surface area contributed by atoms with Gasteiger partial charge in [-0.1, -0.05) is 48.5 Å². The molecule has 0 spiro atoms. The van der Waals surface area contributed by atoms with Gasteiger partial charge in [-0.2, -0.15) is 0 Å². The van der Waals surface area contributed by atoms with Gasteiger partial charge in [-0.25, -0.2) is 0 Å². The molecular weight excluding hydrogens is 592 g/mol. The first kappa shape index (κ1) is 33.6. The van der Waals surface area contributed by atoms with Crippen molar-refractivity contribution < 1.29 is 9.59 Å². The zero-order valence-corrected chi connectivity index (χ0v) is 29.6. The van der Waals surface area contributed by atoms with Crippen molar-refractivity contribution in [1.29, 1.82) is 0 Å². The van der Waals surface area contributed by atoms with Crippen molar-refractivity contribution >= 4 is 11.8 Å². The number of carbonyl (C=O) groups is 2. The van der Waals surface area contributed by atoms with E-state index in [1.165, 1.54) is 44.5 Å². The van der Waals surface area contributed by atoms with Crippen LogP contribution in [0.4, 0.5) is 0 Å². The summed E-state index contributed by atoms with van der Waals surface area (Å²) in [6.45, 7) is 21.5. The largest absolute Gasteiger partial charge is 0.336 e. The normalized spacial score (nSPS) is 16.0. The Hall–Kier alpha value is -4.26. The second kappa shape index (κ2) is 14.5. The van der Waals surface area contributed by atoms with Gasteiger partial charge in [0.2, 0.25) is 0 Å². The molecule has 0 bridgehead atoms. The molecule has 0 N–H and O–H groups in total. The molecule has 0 saturated carbocycles. The summed E-state index contributed by atoms with van der Waals surface area (Å²) in [5.41, 5.74) is 14.0. The lowest BCUT2D eigenvalue weighted by atomic mass is 9.96. The lowest BCUT2D eigenvalue weighted by molar-refractivity contribution is 0.0555. The van der Waals surface area contributed by atoms with E-state index >= 15 is 0 Å². The smallest absolute Gasteiger partial charge is 0.253 e. The van der Waals surface area contributed by atoms with Crippen LogP contribution >= 0.6 is 0 Å². The highest BCUT2D eigenvalue weighted by atomic mass is 16.2. The zero-order chi connectivity index (χ0) is 33.9. The molecular formula is C42H50N4O2. The summed E-state index contributed by atoms with van der Waals surface area (Å²) >= 11 is 0. The second-order valence-corrected chi connectivity index (χ2v) is 13.9. The highest BCUT2D eigenvalue weighted by Gasteiger charge is 2.25. The fraction of sp³-hybridized carbons (Fsp3) is 0.381. The van der Waals surface area contributed by atoms with E-state index in [1.54, 1.807) is 0 Å². The summed E-state index contributed by atoms with van der Waals surface area (Å²) < 4.78 is 0. The maximum Gasteiger partial charge on any atom is 0.253 e. The van der Waals surface area contributed by atoms with E-state index in [0.29, 0.717) is 0 Å². The predicted octanol–water partition coefficient (Wildman–Crippen LogP) is 7.09. The molecule has 2 amide bonds. The number of carbonyl (C=O) groups excluding carboxylic acids is 2. The molecule has 4 aromatic rings. The van der Waals surface area contributed by atoms with Crippen molar-refractivity contribution in [2.24, 2.45) is 0 Å². The van der Waals surface area contributed by atoms with Gasteiger partial charge in [0.15, 0.2) is 0 Å². The molecule has 0 aliphatic carbocycles. The summed E-state index contributed by atoms with van der Waals surface area (Å²) in [5.74, 6) is 0.237. The molecule has 2 aliphatic rings. The Morgan fingerprint density at radius 1 is 0.438 bits per heavy atom. The van der Waals surface area contributed by atoms with Crippen LogP contribution in [-0.2, 0) is 0 Å². The standard InChI is InChI=1S/C42H50N4O2/c1-29-25-39(26-30(2)33(29)5)35-7-11-37(12-8-35)41(47)45-21-17-43(18-22-45)15-16-44-19-23-46(24-20-44)42(48)38-13-9-36(10-14-38)40-27-31(3)34(6)32(4)28-40/h7-14,25-28H,15-24H2,1-6H3. The van der Waals surface area contributed by atoms with Crippen molar-refractivity contribution in [2.45, 2.75) is 41.5 Å². The Kier molecular flexibility index (Phi) is 10.1. The van der Waals surface area contributed by atoms with Crippen LogP contribution in [0.3, 0.4) is 0 Å². The summed E-state index contributed by atoms with van der Waals surface area (Å²) in [7, 11) is 0. The van der Waals surface area contributed by atoms with Crippen LogP contribution in [0, 0.1) is 41.5 Å². The molecule has 2 fully saturated rings. The van der Waals surface area contributed by atoms with Crippen molar-refractivity contribution in [3.63, 3.8) is 0 Å². The van der Waals surface area contributed by atoms with Gasteiger partial charge in [0.05, 0.1) is 0 Å². The van der Waals surface area contributed by atoms with Crippen LogP contribution < -0.4 is 0 Å². The minimum atomic E-state index is 0.119. The molecule has 6 nitrogen and oxygen atoms in total. The molecule has 6 heteroatoms. The molecule has 6 rings (SSSR count). The molecule has 0 aromatic heterocycles. The molecule has 2 heterocycles. The Balaban J connectivity index is 0.930. The fourth-order valence-corrected chi connectivity index (χ4v) is 7.01. The predicted molar refractivity (Wildman–Crippen MR) is 197 cm³/mol. The van der Waals surface area contributed by atoms with Gasteiger partial charge in [0.1, 0.15) is 0 Å². The monoisotopic (exact) mass is 642 g/mol. The van der Waals surface area contributed by atoms with Gasteiger partial charge in [-0.05, 0) is 121 Å². The maximum atomic E-state index is 13.3. The lowest BCUT2D eigenvalue weighted by Crippen LogP contribution is -2.53. The van der Waals surface area contributed by atoms with E-state index in [4.69, 9.17) is 0 Å². The van der Waals surface area contributed by atoms with Crippen molar-refractivity contribution in [3.8, 4) is 22.3 Å². The van der Waals surface area contributed by atoms with Crippen LogP contribution in [0.1, 0.15) is 54.1 Å². The van der Waals surface area contributed by atoms with Gasteiger partial charge in [0, 0.05) is 76.6 Å². The number of hydrogen-bond donors (Lipinski definition) is 0. The second-order valence-electron chi connectivity index (χ2n) is 13.9. The molecule has 2 aliphatic heterocycles. The van der Waals surface area contributed by atoms with Gasteiger partial charge in [-0.15, -0.1) is 0 Å².